The molecule has 1 aromatic carbocycles. The maximum absolute atomic E-state index is 13.0. The molecule has 0 N–H and O–H groups in total. The van der Waals surface area contributed by atoms with Gasteiger partial charge in [0.25, 0.3) is 0 Å². The van der Waals surface area contributed by atoms with Crippen molar-refractivity contribution in [2.24, 2.45) is 5.92 Å². The predicted octanol–water partition coefficient (Wildman–Crippen LogP) is 4.85. The smallest absolute Gasteiger partial charge is 0.230 e. The van der Waals surface area contributed by atoms with Crippen molar-refractivity contribution in [2.75, 3.05) is 11.4 Å². The number of hydrogen-bond acceptors (Lipinski definition) is 2. The average molecular weight is 322 g/mol. The van der Waals surface area contributed by atoms with Crippen LogP contribution in [-0.4, -0.2) is 17.4 Å². The molecule has 0 saturated carbocycles. The summed E-state index contributed by atoms with van der Waals surface area (Å²) in [6.07, 6.45) is 8.71. The fraction of sp³-hybridized carbons (Fsp3) is 0.429. The Kier molecular flexibility index (Phi) is 5.29. The lowest BCUT2D eigenvalue weighted by Crippen LogP contribution is -2.34. The lowest BCUT2D eigenvalue weighted by Gasteiger charge is -2.24. The normalized spacial score (nSPS) is 13.4. The molecule has 3 nitrogen and oxygen atoms in total. The third-order valence-electron chi connectivity index (χ3n) is 4.88. The van der Waals surface area contributed by atoms with Crippen molar-refractivity contribution >= 4 is 11.6 Å². The molecule has 2 heterocycles. The van der Waals surface area contributed by atoms with Gasteiger partial charge in [0.2, 0.25) is 5.91 Å². The summed E-state index contributed by atoms with van der Waals surface area (Å²) in [5, 5.41) is 0. The van der Waals surface area contributed by atoms with E-state index in [1.54, 1.807) is 0 Å². The molecule has 0 fully saturated rings. The van der Waals surface area contributed by atoms with Gasteiger partial charge in [-0.25, -0.2) is 0 Å². The summed E-state index contributed by atoms with van der Waals surface area (Å²) in [6, 6.07) is 10.5. The first-order chi connectivity index (χ1) is 11.7. The van der Waals surface area contributed by atoms with Crippen LogP contribution >= 0.6 is 0 Å². The first kappa shape index (κ1) is 16.7. The molecule has 0 atom stereocenters. The lowest BCUT2D eigenvalue weighted by atomic mass is 9.96. The van der Waals surface area contributed by atoms with Gasteiger partial charge in [0.05, 0.1) is 0 Å². The number of carbonyl (C=O) groups excluding carboxylic acids is 1. The number of carbonyl (C=O) groups is 1. The SMILES string of the molecule is CCCC(CCC)C(=O)N1CCc2cc(-c3ccncc3)ccc21. The maximum Gasteiger partial charge on any atom is 0.230 e. The third-order valence-corrected chi connectivity index (χ3v) is 4.88. The minimum absolute atomic E-state index is 0.172. The van der Waals surface area contributed by atoms with Crippen molar-refractivity contribution in [2.45, 2.75) is 46.0 Å². The summed E-state index contributed by atoms with van der Waals surface area (Å²) in [7, 11) is 0. The highest BCUT2D eigenvalue weighted by Gasteiger charge is 2.29. The molecule has 0 unspecified atom stereocenters. The minimum Gasteiger partial charge on any atom is -0.312 e. The lowest BCUT2D eigenvalue weighted by molar-refractivity contribution is -0.122. The molecule has 1 amide bonds. The maximum atomic E-state index is 13.0. The molecule has 0 aliphatic carbocycles. The molecule has 1 aliphatic rings. The van der Waals surface area contributed by atoms with Crippen LogP contribution in [0.2, 0.25) is 0 Å². The van der Waals surface area contributed by atoms with Crippen molar-refractivity contribution in [3.05, 3.63) is 48.3 Å². The second-order valence-electron chi connectivity index (χ2n) is 6.59. The number of benzene rings is 1. The number of rotatable bonds is 6. The Morgan fingerprint density at radius 1 is 1.08 bits per heavy atom. The van der Waals surface area contributed by atoms with Crippen LogP contribution in [0, 0.1) is 5.92 Å². The number of hydrogen-bond donors (Lipinski definition) is 0. The zero-order valence-corrected chi connectivity index (χ0v) is 14.7. The van der Waals surface area contributed by atoms with Gasteiger partial charge in [-0.1, -0.05) is 32.8 Å². The molecular weight excluding hydrogens is 296 g/mol. The largest absolute Gasteiger partial charge is 0.312 e. The van der Waals surface area contributed by atoms with Crippen LogP contribution in [0.3, 0.4) is 0 Å². The van der Waals surface area contributed by atoms with Crippen LogP contribution in [0.5, 0.6) is 0 Å². The Morgan fingerprint density at radius 3 is 2.46 bits per heavy atom. The topological polar surface area (TPSA) is 33.2 Å². The molecule has 126 valence electrons. The summed E-state index contributed by atoms with van der Waals surface area (Å²) < 4.78 is 0. The van der Waals surface area contributed by atoms with Gasteiger partial charge in [0, 0.05) is 30.5 Å². The first-order valence-corrected chi connectivity index (χ1v) is 9.09. The van der Waals surface area contributed by atoms with E-state index in [-0.39, 0.29) is 5.92 Å². The molecule has 0 spiro atoms. The van der Waals surface area contributed by atoms with Crippen molar-refractivity contribution in [1.29, 1.82) is 0 Å². The summed E-state index contributed by atoms with van der Waals surface area (Å²) in [4.78, 5) is 19.1. The summed E-state index contributed by atoms with van der Waals surface area (Å²) in [6.45, 7) is 5.14. The molecule has 2 aromatic rings. The fourth-order valence-corrected chi connectivity index (χ4v) is 3.66. The Hall–Kier alpha value is -2.16. The minimum atomic E-state index is 0.172. The Morgan fingerprint density at radius 2 is 1.79 bits per heavy atom. The molecule has 1 aromatic heterocycles. The van der Waals surface area contributed by atoms with E-state index in [0.29, 0.717) is 5.91 Å². The average Bonchev–Trinajstić information content (AvgIpc) is 3.05. The quantitative estimate of drug-likeness (QED) is 0.761. The zero-order valence-electron chi connectivity index (χ0n) is 14.7. The van der Waals surface area contributed by atoms with Crippen LogP contribution in [0.25, 0.3) is 11.1 Å². The summed E-state index contributed by atoms with van der Waals surface area (Å²) in [5.41, 5.74) is 4.76. The summed E-state index contributed by atoms with van der Waals surface area (Å²) >= 11 is 0. The summed E-state index contributed by atoms with van der Waals surface area (Å²) in [5.74, 6) is 0.486. The van der Waals surface area contributed by atoms with Crippen molar-refractivity contribution in [3.8, 4) is 11.1 Å². The monoisotopic (exact) mass is 322 g/mol. The molecule has 0 radical (unpaired) electrons. The predicted molar refractivity (Wildman–Crippen MR) is 99.0 cm³/mol. The first-order valence-electron chi connectivity index (χ1n) is 9.09. The molecular formula is C21H26N2O. The standard InChI is InChI=1S/C21H26N2O/c1-3-5-17(6-4-2)21(24)23-14-11-19-15-18(7-8-20(19)23)16-9-12-22-13-10-16/h7-10,12-13,15,17H,3-6,11,14H2,1-2H3. The third kappa shape index (κ3) is 3.35. The highest BCUT2D eigenvalue weighted by Crippen LogP contribution is 2.34. The van der Waals surface area contributed by atoms with Crippen LogP contribution in [0.15, 0.2) is 42.7 Å². The van der Waals surface area contributed by atoms with Crippen molar-refractivity contribution in [1.82, 2.24) is 4.98 Å². The van der Waals surface area contributed by atoms with Crippen LogP contribution in [0.4, 0.5) is 5.69 Å². The molecule has 0 bridgehead atoms. The fourth-order valence-electron chi connectivity index (χ4n) is 3.66. The van der Waals surface area contributed by atoms with Gasteiger partial charge in [0.15, 0.2) is 0 Å². The molecule has 0 saturated heterocycles. The highest BCUT2D eigenvalue weighted by molar-refractivity contribution is 5.97. The van der Waals surface area contributed by atoms with Gasteiger partial charge in [-0.3, -0.25) is 9.78 Å². The van der Waals surface area contributed by atoms with Crippen molar-refractivity contribution < 1.29 is 4.79 Å². The van der Waals surface area contributed by atoms with Crippen LogP contribution < -0.4 is 4.90 Å². The van der Waals surface area contributed by atoms with E-state index in [0.717, 1.165) is 44.3 Å². The van der Waals surface area contributed by atoms with Crippen molar-refractivity contribution in [3.63, 3.8) is 0 Å². The van der Waals surface area contributed by atoms with E-state index in [4.69, 9.17) is 0 Å². The molecule has 3 heteroatoms. The highest BCUT2D eigenvalue weighted by atomic mass is 16.2. The van der Waals surface area contributed by atoms with E-state index >= 15 is 0 Å². The number of amides is 1. The van der Waals surface area contributed by atoms with Gasteiger partial charge < -0.3 is 4.90 Å². The van der Waals surface area contributed by atoms with Gasteiger partial charge in [-0.2, -0.15) is 0 Å². The van der Waals surface area contributed by atoms with Gasteiger partial charge >= 0.3 is 0 Å². The van der Waals surface area contributed by atoms with E-state index in [1.165, 1.54) is 16.7 Å². The van der Waals surface area contributed by atoms with E-state index in [2.05, 4.69) is 37.0 Å². The molecule has 24 heavy (non-hydrogen) atoms. The number of fused-ring (bicyclic) bond motifs is 1. The second-order valence-corrected chi connectivity index (χ2v) is 6.59. The number of pyridine rings is 1. The second kappa shape index (κ2) is 7.61. The zero-order chi connectivity index (χ0) is 16.9. The van der Waals surface area contributed by atoms with Crippen LogP contribution in [-0.2, 0) is 11.2 Å². The van der Waals surface area contributed by atoms with E-state index in [9.17, 15) is 4.79 Å². The Balaban J connectivity index is 1.83. The number of aromatic nitrogens is 1. The van der Waals surface area contributed by atoms with E-state index in [1.807, 2.05) is 29.4 Å². The Bertz CT molecular complexity index is 690. The van der Waals surface area contributed by atoms with Crippen LogP contribution in [0.1, 0.15) is 45.1 Å². The molecule has 1 aliphatic heterocycles. The van der Waals surface area contributed by atoms with Gasteiger partial charge in [-0.15, -0.1) is 0 Å². The number of anilines is 1. The number of nitrogens with zero attached hydrogens (tertiary/aromatic N) is 2. The van der Waals surface area contributed by atoms with Gasteiger partial charge in [0.1, 0.15) is 0 Å². The van der Waals surface area contributed by atoms with E-state index < -0.39 is 0 Å². The Labute approximate surface area is 144 Å². The van der Waals surface area contributed by atoms with Gasteiger partial charge in [-0.05, 0) is 60.2 Å². The molecule has 3 rings (SSSR count).